The van der Waals surface area contributed by atoms with Crippen molar-refractivity contribution in [3.63, 3.8) is 0 Å². The van der Waals surface area contributed by atoms with Gasteiger partial charge in [-0.15, -0.1) is 0 Å². The molecular formula is C47H98N16O7. The molecule has 0 radical (unpaired) electrons. The minimum Gasteiger partial charge on any atom is -0.355 e. The lowest BCUT2D eigenvalue weighted by Crippen LogP contribution is -2.55. The molecule has 23 nitrogen and oxygen atoms in total. The highest BCUT2D eigenvalue weighted by molar-refractivity contribution is 5.93. The molecule has 23 heteroatoms. The predicted octanol–water partition coefficient (Wildman–Crippen LogP) is -2.81. The van der Waals surface area contributed by atoms with Crippen molar-refractivity contribution in [3.8, 4) is 0 Å². The summed E-state index contributed by atoms with van der Waals surface area (Å²) in [6.07, 6.45) is 11.9. The molecule has 0 aliphatic rings. The molecular weight excluding hydrogens is 901 g/mol. The van der Waals surface area contributed by atoms with Crippen molar-refractivity contribution in [1.82, 2.24) is 42.1 Å². The average Bonchev–Trinajstić information content (AvgIpc) is 3.33. The van der Waals surface area contributed by atoms with Crippen LogP contribution in [-0.2, 0) is 33.6 Å². The van der Waals surface area contributed by atoms with Crippen LogP contribution in [0.1, 0.15) is 141 Å². The number of hydrogen-bond acceptors (Lipinski definition) is 16. The van der Waals surface area contributed by atoms with Gasteiger partial charge in [-0.25, -0.2) is 0 Å². The summed E-state index contributed by atoms with van der Waals surface area (Å²) in [7, 11) is 3.86. The van der Waals surface area contributed by atoms with Gasteiger partial charge in [-0.1, -0.05) is 25.7 Å². The highest BCUT2D eigenvalue weighted by atomic mass is 16.2. The Kier molecular flexibility index (Phi) is 40.1. The molecule has 70 heavy (non-hydrogen) atoms. The van der Waals surface area contributed by atoms with Gasteiger partial charge in [0, 0.05) is 26.2 Å². The van der Waals surface area contributed by atoms with E-state index in [1.807, 2.05) is 19.0 Å². The molecule has 0 saturated carbocycles. The SMILES string of the molecule is CN(C)CCCNC(=O)C(CCCCNC(=O)C(CCCCNC(=O)C(N)CCCCN)NC(=O)C(N)CCCCN)NC(=O)C(CCCCNC(=O)C(N)CCCCN)NC(=O)C(N)CCCCN. The number of carbonyl (C=O) groups is 7. The minimum atomic E-state index is -1.02. The molecule has 7 unspecified atom stereocenters. The van der Waals surface area contributed by atoms with Crippen LogP contribution in [0.15, 0.2) is 0 Å². The number of nitrogens with zero attached hydrogens (tertiary/aromatic N) is 1. The summed E-state index contributed by atoms with van der Waals surface area (Å²) in [5.41, 5.74) is 46.7. The van der Waals surface area contributed by atoms with Crippen molar-refractivity contribution in [1.29, 1.82) is 0 Å². The molecule has 0 aromatic carbocycles. The fraction of sp³-hybridized carbons (Fsp3) is 0.851. The first-order valence-corrected chi connectivity index (χ1v) is 26.0. The van der Waals surface area contributed by atoms with Gasteiger partial charge < -0.3 is 88.0 Å². The molecule has 0 heterocycles. The summed E-state index contributed by atoms with van der Waals surface area (Å²) in [5, 5.41) is 19.9. The molecule has 7 atom stereocenters. The zero-order valence-electron chi connectivity index (χ0n) is 42.9. The fourth-order valence-electron chi connectivity index (χ4n) is 7.37. The van der Waals surface area contributed by atoms with Crippen molar-refractivity contribution in [2.45, 2.75) is 184 Å². The number of amides is 7. The Hall–Kier alpha value is -4.07. The van der Waals surface area contributed by atoms with E-state index in [2.05, 4.69) is 37.2 Å². The lowest BCUT2D eigenvalue weighted by atomic mass is 10.0. The van der Waals surface area contributed by atoms with E-state index >= 15 is 0 Å². The second-order valence-corrected chi connectivity index (χ2v) is 18.6. The van der Waals surface area contributed by atoms with Crippen molar-refractivity contribution in [2.24, 2.45) is 45.9 Å². The number of unbranched alkanes of at least 4 members (excludes halogenated alkanes) is 7. The van der Waals surface area contributed by atoms with Crippen molar-refractivity contribution < 1.29 is 33.6 Å². The molecule has 0 aliphatic carbocycles. The Morgan fingerprint density at radius 2 is 0.586 bits per heavy atom. The highest BCUT2D eigenvalue weighted by Gasteiger charge is 2.29. The molecule has 408 valence electrons. The van der Waals surface area contributed by atoms with Gasteiger partial charge in [-0.2, -0.15) is 0 Å². The third-order valence-electron chi connectivity index (χ3n) is 11.9. The van der Waals surface area contributed by atoms with E-state index in [-0.39, 0.29) is 37.1 Å². The van der Waals surface area contributed by atoms with Crippen molar-refractivity contribution in [3.05, 3.63) is 0 Å². The smallest absolute Gasteiger partial charge is 0.243 e. The Bertz CT molecular complexity index is 1450. The van der Waals surface area contributed by atoms with Crippen LogP contribution in [0, 0.1) is 0 Å². The average molecular weight is 999 g/mol. The molecule has 0 aliphatic heterocycles. The Labute approximate surface area is 418 Å². The standard InChI is InChI=1S/C47H98N16O7/c1-63(2)33-17-32-59-46(69)39(62-47(70)40(61-44(67)37(55)21-6-13-28-51)24-9-15-30-57-42(65)35(53)19-4-11-26-49)23-8-16-31-58-45(68)38(60-43(66)36(54)20-5-12-27-50)22-7-14-29-56-41(64)34(52)18-3-10-25-48/h34-40H,3-33,48-55H2,1-2H3,(H,56,64)(H,57,65)(H,58,68)(H,59,69)(H,60,66)(H,61,67)(H,62,70). The van der Waals surface area contributed by atoms with Crippen LogP contribution in [0.2, 0.25) is 0 Å². The zero-order chi connectivity index (χ0) is 52.5. The number of carbonyl (C=O) groups excluding carboxylic acids is 7. The van der Waals surface area contributed by atoms with Crippen LogP contribution >= 0.6 is 0 Å². The van der Waals surface area contributed by atoms with Crippen LogP contribution in [0.3, 0.4) is 0 Å². The summed E-state index contributed by atoms with van der Waals surface area (Å²) in [6, 6.07) is -5.83. The van der Waals surface area contributed by atoms with Gasteiger partial charge in [0.15, 0.2) is 0 Å². The molecule has 7 amide bonds. The first kappa shape index (κ1) is 65.9. The maximum Gasteiger partial charge on any atom is 0.243 e. The van der Waals surface area contributed by atoms with Crippen molar-refractivity contribution in [2.75, 3.05) is 73.0 Å². The topological polar surface area (TPSA) is 415 Å². The third-order valence-corrected chi connectivity index (χ3v) is 11.9. The summed E-state index contributed by atoms with van der Waals surface area (Å²) in [5.74, 6) is -2.82. The summed E-state index contributed by atoms with van der Waals surface area (Å²) in [6.45, 7) is 3.99. The van der Waals surface area contributed by atoms with E-state index in [1.54, 1.807) is 0 Å². The monoisotopic (exact) mass is 999 g/mol. The molecule has 0 spiro atoms. The minimum absolute atomic E-state index is 0.212. The summed E-state index contributed by atoms with van der Waals surface area (Å²) >= 11 is 0. The van der Waals surface area contributed by atoms with E-state index in [1.165, 1.54) is 0 Å². The Balaban J connectivity index is 5.83. The number of hydrogen-bond donors (Lipinski definition) is 15. The molecule has 0 fully saturated rings. The quantitative estimate of drug-likeness (QED) is 0.0274. The second-order valence-electron chi connectivity index (χ2n) is 18.6. The van der Waals surface area contributed by atoms with Crippen LogP contribution in [0.25, 0.3) is 0 Å². The predicted molar refractivity (Wildman–Crippen MR) is 276 cm³/mol. The number of nitrogens with two attached hydrogens (primary N) is 8. The van der Waals surface area contributed by atoms with Gasteiger partial charge in [0.25, 0.3) is 0 Å². The van der Waals surface area contributed by atoms with Crippen LogP contribution < -0.4 is 83.1 Å². The lowest BCUT2D eigenvalue weighted by molar-refractivity contribution is -0.132. The molecule has 0 aromatic rings. The number of rotatable bonds is 45. The van der Waals surface area contributed by atoms with E-state index < -0.39 is 65.9 Å². The molecule has 0 saturated heterocycles. The van der Waals surface area contributed by atoms with E-state index in [0.29, 0.717) is 149 Å². The van der Waals surface area contributed by atoms with Crippen LogP contribution in [-0.4, -0.2) is 162 Å². The van der Waals surface area contributed by atoms with E-state index in [0.717, 1.165) is 32.2 Å². The molecule has 0 rings (SSSR count). The third kappa shape index (κ3) is 33.5. The van der Waals surface area contributed by atoms with Crippen LogP contribution in [0.4, 0.5) is 0 Å². The maximum atomic E-state index is 14.0. The van der Waals surface area contributed by atoms with Gasteiger partial charge in [0.2, 0.25) is 41.4 Å². The normalized spacial score (nSPS) is 14.3. The summed E-state index contributed by atoms with van der Waals surface area (Å²) < 4.78 is 0. The Morgan fingerprint density at radius 1 is 0.329 bits per heavy atom. The van der Waals surface area contributed by atoms with Gasteiger partial charge in [-0.05, 0) is 162 Å². The fourth-order valence-corrected chi connectivity index (χ4v) is 7.37. The summed E-state index contributed by atoms with van der Waals surface area (Å²) in [4.78, 5) is 94.3. The molecule has 0 aromatic heterocycles. The van der Waals surface area contributed by atoms with Gasteiger partial charge in [0.1, 0.15) is 18.1 Å². The Morgan fingerprint density at radius 3 is 0.900 bits per heavy atom. The van der Waals surface area contributed by atoms with Gasteiger partial charge >= 0.3 is 0 Å². The van der Waals surface area contributed by atoms with Gasteiger partial charge in [-0.3, -0.25) is 33.6 Å². The maximum absolute atomic E-state index is 14.0. The number of nitrogens with one attached hydrogen (secondary N) is 7. The molecule has 0 bridgehead atoms. The lowest BCUT2D eigenvalue weighted by Gasteiger charge is -2.25. The van der Waals surface area contributed by atoms with Crippen LogP contribution in [0.5, 0.6) is 0 Å². The molecule has 23 N–H and O–H groups in total. The van der Waals surface area contributed by atoms with E-state index in [4.69, 9.17) is 45.9 Å². The largest absolute Gasteiger partial charge is 0.355 e. The first-order valence-electron chi connectivity index (χ1n) is 26.0. The second kappa shape index (κ2) is 42.6. The highest BCUT2D eigenvalue weighted by Crippen LogP contribution is 2.09. The van der Waals surface area contributed by atoms with E-state index in [9.17, 15) is 33.6 Å². The van der Waals surface area contributed by atoms with Gasteiger partial charge in [0.05, 0.1) is 24.2 Å². The first-order chi connectivity index (χ1) is 33.5. The zero-order valence-corrected chi connectivity index (χ0v) is 42.9. The van der Waals surface area contributed by atoms with Crippen molar-refractivity contribution >= 4 is 41.4 Å².